The first-order valence-corrected chi connectivity index (χ1v) is 4.82. The quantitative estimate of drug-likeness (QED) is 0.644. The molecule has 0 aromatic carbocycles. The molecule has 0 N–H and O–H groups in total. The smallest absolute Gasteiger partial charge is 0.0701 e. The Labute approximate surface area is 84.8 Å². The molecule has 0 radical (unpaired) electrons. The van der Waals surface area contributed by atoms with Gasteiger partial charge in [-0.25, -0.2) is 0 Å². The van der Waals surface area contributed by atoms with Crippen LogP contribution in [-0.4, -0.2) is 36.7 Å². The molecule has 0 fully saturated rings. The summed E-state index contributed by atoms with van der Waals surface area (Å²) in [6, 6.07) is 2.06. The second-order valence-corrected chi connectivity index (χ2v) is 3.26. The van der Waals surface area contributed by atoms with Crippen molar-refractivity contribution in [1.82, 2.24) is 9.78 Å². The molecule has 1 rings (SSSR count). The maximum atomic E-state index is 5.36. The highest BCUT2D eigenvalue weighted by molar-refractivity contribution is 5.06. The monoisotopic (exact) mass is 198 g/mol. The number of nitrogens with zero attached hydrogens (tertiary/aromatic N) is 2. The molecule has 0 amide bonds. The van der Waals surface area contributed by atoms with Crippen molar-refractivity contribution >= 4 is 0 Å². The summed E-state index contributed by atoms with van der Waals surface area (Å²) < 4.78 is 12.2. The molecule has 0 aliphatic rings. The average molecular weight is 198 g/mol. The lowest BCUT2D eigenvalue weighted by atomic mass is 10.4. The summed E-state index contributed by atoms with van der Waals surface area (Å²) in [5, 5.41) is 4.33. The van der Waals surface area contributed by atoms with E-state index in [0.29, 0.717) is 19.8 Å². The summed E-state index contributed by atoms with van der Waals surface area (Å²) in [4.78, 5) is 0. The van der Waals surface area contributed by atoms with Crippen molar-refractivity contribution in [3.8, 4) is 0 Å². The van der Waals surface area contributed by atoms with Crippen LogP contribution in [0.3, 0.4) is 0 Å². The van der Waals surface area contributed by atoms with E-state index in [2.05, 4.69) is 18.1 Å². The normalized spacial score (nSPS) is 10.8. The summed E-state index contributed by atoms with van der Waals surface area (Å²) in [5.41, 5.74) is 2.23. The van der Waals surface area contributed by atoms with Gasteiger partial charge in [0.1, 0.15) is 0 Å². The van der Waals surface area contributed by atoms with Crippen molar-refractivity contribution in [3.63, 3.8) is 0 Å². The number of methoxy groups -OCH3 is 1. The molecule has 0 atom stereocenters. The van der Waals surface area contributed by atoms with Crippen LogP contribution in [0.25, 0.3) is 0 Å². The second-order valence-electron chi connectivity index (χ2n) is 3.26. The molecule has 0 aliphatic carbocycles. The molecule has 80 valence electrons. The molecular weight excluding hydrogens is 180 g/mol. The van der Waals surface area contributed by atoms with Crippen LogP contribution in [0.4, 0.5) is 0 Å². The zero-order valence-corrected chi connectivity index (χ0v) is 9.12. The summed E-state index contributed by atoms with van der Waals surface area (Å²) in [6.45, 7) is 6.84. The summed E-state index contributed by atoms with van der Waals surface area (Å²) in [5.74, 6) is 0. The van der Waals surface area contributed by atoms with Gasteiger partial charge in [-0.2, -0.15) is 5.10 Å². The Morgan fingerprint density at radius 3 is 2.64 bits per heavy atom. The minimum atomic E-state index is 0.649. The minimum absolute atomic E-state index is 0.649. The van der Waals surface area contributed by atoms with Crippen molar-refractivity contribution in [2.45, 2.75) is 20.4 Å². The van der Waals surface area contributed by atoms with Crippen molar-refractivity contribution in [2.75, 3.05) is 26.9 Å². The van der Waals surface area contributed by atoms with E-state index in [1.54, 1.807) is 7.11 Å². The van der Waals surface area contributed by atoms with Crippen molar-refractivity contribution in [2.24, 2.45) is 0 Å². The number of aromatic nitrogens is 2. The molecule has 14 heavy (non-hydrogen) atoms. The van der Waals surface area contributed by atoms with Gasteiger partial charge in [0.2, 0.25) is 0 Å². The predicted octanol–water partition coefficient (Wildman–Crippen LogP) is 1.16. The number of aryl methyl sites for hydroxylation is 2. The van der Waals surface area contributed by atoms with Gasteiger partial charge in [0.05, 0.1) is 32.1 Å². The van der Waals surface area contributed by atoms with Gasteiger partial charge in [-0.3, -0.25) is 4.68 Å². The van der Waals surface area contributed by atoms with E-state index in [4.69, 9.17) is 9.47 Å². The first kappa shape index (κ1) is 11.2. The van der Waals surface area contributed by atoms with Crippen molar-refractivity contribution < 1.29 is 9.47 Å². The fraction of sp³-hybridized carbons (Fsp3) is 0.700. The highest BCUT2D eigenvalue weighted by atomic mass is 16.5. The van der Waals surface area contributed by atoms with Crippen LogP contribution in [0.2, 0.25) is 0 Å². The van der Waals surface area contributed by atoms with Crippen LogP contribution in [0.15, 0.2) is 6.07 Å². The lowest BCUT2D eigenvalue weighted by Gasteiger charge is -2.05. The van der Waals surface area contributed by atoms with E-state index in [-0.39, 0.29) is 0 Å². The fourth-order valence-electron chi connectivity index (χ4n) is 1.30. The SMILES string of the molecule is COCCOCCn1nc(C)cc1C. The first-order valence-electron chi connectivity index (χ1n) is 4.82. The average Bonchev–Trinajstić information content (AvgIpc) is 2.45. The highest BCUT2D eigenvalue weighted by Gasteiger charge is 1.99. The van der Waals surface area contributed by atoms with Crippen LogP contribution in [0, 0.1) is 13.8 Å². The van der Waals surface area contributed by atoms with E-state index in [0.717, 1.165) is 12.2 Å². The van der Waals surface area contributed by atoms with E-state index in [1.807, 2.05) is 11.6 Å². The van der Waals surface area contributed by atoms with Crippen LogP contribution in [0.5, 0.6) is 0 Å². The van der Waals surface area contributed by atoms with Crippen LogP contribution >= 0.6 is 0 Å². The topological polar surface area (TPSA) is 36.3 Å². The largest absolute Gasteiger partial charge is 0.382 e. The van der Waals surface area contributed by atoms with Gasteiger partial charge in [-0.15, -0.1) is 0 Å². The molecule has 0 aliphatic heterocycles. The van der Waals surface area contributed by atoms with Gasteiger partial charge in [0, 0.05) is 12.8 Å². The van der Waals surface area contributed by atoms with E-state index < -0.39 is 0 Å². The number of ether oxygens (including phenoxy) is 2. The Hall–Kier alpha value is -0.870. The molecule has 1 aromatic heterocycles. The number of hydrogen-bond donors (Lipinski definition) is 0. The van der Waals surface area contributed by atoms with Gasteiger partial charge in [-0.1, -0.05) is 0 Å². The second kappa shape index (κ2) is 5.78. The molecule has 0 saturated heterocycles. The standard InChI is InChI=1S/C10H18N2O2/c1-9-8-10(2)12(11-9)4-5-14-7-6-13-3/h8H,4-7H2,1-3H3. The third kappa shape index (κ3) is 3.47. The molecule has 4 heteroatoms. The van der Waals surface area contributed by atoms with Gasteiger partial charge < -0.3 is 9.47 Å². The van der Waals surface area contributed by atoms with Crippen LogP contribution < -0.4 is 0 Å². The Kier molecular flexibility index (Phi) is 4.62. The third-order valence-electron chi connectivity index (χ3n) is 1.98. The van der Waals surface area contributed by atoms with Gasteiger partial charge in [-0.05, 0) is 19.9 Å². The van der Waals surface area contributed by atoms with Crippen LogP contribution in [0.1, 0.15) is 11.4 Å². The molecule has 0 saturated carbocycles. The minimum Gasteiger partial charge on any atom is -0.382 e. The Morgan fingerprint density at radius 2 is 2.07 bits per heavy atom. The third-order valence-corrected chi connectivity index (χ3v) is 1.98. The van der Waals surface area contributed by atoms with E-state index in [1.165, 1.54) is 5.69 Å². The highest BCUT2D eigenvalue weighted by Crippen LogP contribution is 2.00. The van der Waals surface area contributed by atoms with E-state index >= 15 is 0 Å². The lowest BCUT2D eigenvalue weighted by Crippen LogP contribution is -2.11. The maximum absolute atomic E-state index is 5.36. The zero-order chi connectivity index (χ0) is 10.4. The Balaban J connectivity index is 2.21. The predicted molar refractivity (Wildman–Crippen MR) is 54.4 cm³/mol. The summed E-state index contributed by atoms with van der Waals surface area (Å²) in [7, 11) is 1.67. The number of hydrogen-bond acceptors (Lipinski definition) is 3. The van der Waals surface area contributed by atoms with E-state index in [9.17, 15) is 0 Å². The van der Waals surface area contributed by atoms with Gasteiger partial charge in [0.15, 0.2) is 0 Å². The summed E-state index contributed by atoms with van der Waals surface area (Å²) in [6.07, 6.45) is 0. The molecular formula is C10H18N2O2. The van der Waals surface area contributed by atoms with Crippen molar-refractivity contribution in [3.05, 3.63) is 17.5 Å². The Morgan fingerprint density at radius 1 is 1.29 bits per heavy atom. The molecule has 4 nitrogen and oxygen atoms in total. The van der Waals surface area contributed by atoms with Gasteiger partial charge in [0.25, 0.3) is 0 Å². The summed E-state index contributed by atoms with van der Waals surface area (Å²) >= 11 is 0. The van der Waals surface area contributed by atoms with Gasteiger partial charge >= 0.3 is 0 Å². The first-order chi connectivity index (χ1) is 6.74. The molecule has 0 bridgehead atoms. The number of rotatable bonds is 6. The molecule has 0 spiro atoms. The molecule has 1 heterocycles. The zero-order valence-electron chi connectivity index (χ0n) is 9.12. The fourth-order valence-corrected chi connectivity index (χ4v) is 1.30. The lowest BCUT2D eigenvalue weighted by molar-refractivity contribution is 0.0652. The molecule has 1 aromatic rings. The van der Waals surface area contributed by atoms with Crippen LogP contribution in [-0.2, 0) is 16.0 Å². The Bertz CT molecular complexity index is 271. The van der Waals surface area contributed by atoms with Crippen molar-refractivity contribution in [1.29, 1.82) is 0 Å². The molecule has 0 unspecified atom stereocenters. The maximum Gasteiger partial charge on any atom is 0.0701 e.